The van der Waals surface area contributed by atoms with Crippen LogP contribution in [0.2, 0.25) is 10.0 Å². The number of anilines is 2. The maximum absolute atomic E-state index is 6.14. The molecule has 0 radical (unpaired) electrons. The molecule has 0 spiro atoms. The van der Waals surface area contributed by atoms with Crippen molar-refractivity contribution in [3.8, 4) is 0 Å². The van der Waals surface area contributed by atoms with Crippen molar-refractivity contribution in [1.29, 1.82) is 0 Å². The second-order valence-electron chi connectivity index (χ2n) is 4.41. The maximum Gasteiger partial charge on any atom is 0.0547 e. The zero-order valence-corrected chi connectivity index (χ0v) is 12.8. The molecule has 0 aliphatic carbocycles. The number of nitrogens with zero attached hydrogens (tertiary/aromatic N) is 1. The fourth-order valence-corrected chi connectivity index (χ4v) is 2.41. The molecule has 106 valence electrons. The van der Waals surface area contributed by atoms with E-state index in [9.17, 15) is 0 Å². The van der Waals surface area contributed by atoms with E-state index in [0.29, 0.717) is 10.0 Å². The van der Waals surface area contributed by atoms with Crippen molar-refractivity contribution in [3.63, 3.8) is 0 Å². The lowest BCUT2D eigenvalue weighted by Gasteiger charge is -2.09. The molecule has 20 heavy (non-hydrogen) atoms. The summed E-state index contributed by atoms with van der Waals surface area (Å²) in [5, 5.41) is 7.94. The summed E-state index contributed by atoms with van der Waals surface area (Å²) >= 11 is 12.0. The van der Waals surface area contributed by atoms with Crippen LogP contribution in [-0.2, 0) is 6.42 Å². The Hall–Kier alpha value is -1.45. The lowest BCUT2D eigenvalue weighted by molar-refractivity contribution is 1.02. The Morgan fingerprint density at radius 2 is 1.80 bits per heavy atom. The van der Waals surface area contributed by atoms with Gasteiger partial charge in [-0.15, -0.1) is 0 Å². The minimum atomic E-state index is 0.661. The Morgan fingerprint density at radius 1 is 1.05 bits per heavy atom. The van der Waals surface area contributed by atoms with Crippen molar-refractivity contribution in [2.24, 2.45) is 0 Å². The van der Waals surface area contributed by atoms with E-state index >= 15 is 0 Å². The zero-order chi connectivity index (χ0) is 14.4. The Labute approximate surface area is 129 Å². The van der Waals surface area contributed by atoms with Crippen LogP contribution >= 0.6 is 23.2 Å². The summed E-state index contributed by atoms with van der Waals surface area (Å²) in [6, 6.07) is 7.63. The van der Waals surface area contributed by atoms with Gasteiger partial charge >= 0.3 is 0 Å². The standard InChI is InChI=1S/C15H17Cl2N3/c1-2-19-13-8-14(10-18-9-13)20-6-5-11-3-4-12(16)7-15(11)17/h3-4,7-10,19-20H,2,5-6H2,1H3. The van der Waals surface area contributed by atoms with E-state index in [4.69, 9.17) is 23.2 Å². The molecule has 0 saturated carbocycles. The van der Waals surface area contributed by atoms with Crippen LogP contribution in [0, 0.1) is 0 Å². The van der Waals surface area contributed by atoms with Crippen molar-refractivity contribution < 1.29 is 0 Å². The van der Waals surface area contributed by atoms with Gasteiger partial charge in [-0.3, -0.25) is 4.98 Å². The van der Waals surface area contributed by atoms with Crippen LogP contribution in [0.1, 0.15) is 12.5 Å². The summed E-state index contributed by atoms with van der Waals surface area (Å²) in [5.74, 6) is 0. The first-order valence-corrected chi connectivity index (χ1v) is 7.31. The van der Waals surface area contributed by atoms with Crippen molar-refractivity contribution in [2.75, 3.05) is 23.7 Å². The number of nitrogens with one attached hydrogen (secondary N) is 2. The van der Waals surface area contributed by atoms with E-state index in [0.717, 1.165) is 36.4 Å². The second-order valence-corrected chi connectivity index (χ2v) is 5.25. The van der Waals surface area contributed by atoms with Crippen molar-refractivity contribution in [2.45, 2.75) is 13.3 Å². The lowest BCUT2D eigenvalue weighted by Crippen LogP contribution is -2.06. The quantitative estimate of drug-likeness (QED) is 0.826. The minimum Gasteiger partial charge on any atom is -0.384 e. The predicted octanol–water partition coefficient (Wildman–Crippen LogP) is 4.47. The van der Waals surface area contributed by atoms with Gasteiger partial charge in [-0.1, -0.05) is 29.3 Å². The van der Waals surface area contributed by atoms with E-state index in [2.05, 4.69) is 22.5 Å². The number of hydrogen-bond donors (Lipinski definition) is 2. The van der Waals surface area contributed by atoms with Crippen LogP contribution in [-0.4, -0.2) is 18.1 Å². The van der Waals surface area contributed by atoms with Gasteiger partial charge in [-0.25, -0.2) is 0 Å². The molecular formula is C15H17Cl2N3. The summed E-state index contributed by atoms with van der Waals surface area (Å²) < 4.78 is 0. The third kappa shape index (κ3) is 4.29. The van der Waals surface area contributed by atoms with Crippen molar-refractivity contribution >= 4 is 34.6 Å². The number of hydrogen-bond acceptors (Lipinski definition) is 3. The summed E-state index contributed by atoms with van der Waals surface area (Å²) in [6.07, 6.45) is 4.45. The molecule has 0 bridgehead atoms. The molecule has 0 fully saturated rings. The van der Waals surface area contributed by atoms with Crippen LogP contribution in [0.4, 0.5) is 11.4 Å². The normalized spacial score (nSPS) is 10.3. The number of aromatic nitrogens is 1. The van der Waals surface area contributed by atoms with E-state index < -0.39 is 0 Å². The highest BCUT2D eigenvalue weighted by molar-refractivity contribution is 6.35. The van der Waals surface area contributed by atoms with Gasteiger partial charge in [0.2, 0.25) is 0 Å². The lowest BCUT2D eigenvalue weighted by atomic mass is 10.1. The molecule has 0 unspecified atom stereocenters. The van der Waals surface area contributed by atoms with Gasteiger partial charge in [-0.05, 0) is 37.1 Å². The highest BCUT2D eigenvalue weighted by atomic mass is 35.5. The van der Waals surface area contributed by atoms with Gasteiger partial charge in [-0.2, -0.15) is 0 Å². The minimum absolute atomic E-state index is 0.661. The largest absolute Gasteiger partial charge is 0.384 e. The molecule has 0 aliphatic rings. The van der Waals surface area contributed by atoms with Crippen molar-refractivity contribution in [1.82, 2.24) is 4.98 Å². The molecule has 0 amide bonds. The van der Waals surface area contributed by atoms with Crippen LogP contribution in [0.25, 0.3) is 0 Å². The monoisotopic (exact) mass is 309 g/mol. The molecular weight excluding hydrogens is 293 g/mol. The van der Waals surface area contributed by atoms with Gasteiger partial charge < -0.3 is 10.6 Å². The topological polar surface area (TPSA) is 37.0 Å². The Bertz CT molecular complexity index is 573. The molecule has 3 nitrogen and oxygen atoms in total. The number of rotatable bonds is 6. The molecule has 1 aromatic heterocycles. The van der Waals surface area contributed by atoms with Gasteiger partial charge in [0.15, 0.2) is 0 Å². The Kier molecular flexibility index (Phi) is 5.50. The number of benzene rings is 1. The highest BCUT2D eigenvalue weighted by Crippen LogP contribution is 2.21. The van der Waals surface area contributed by atoms with Crippen LogP contribution < -0.4 is 10.6 Å². The molecule has 5 heteroatoms. The molecule has 1 heterocycles. The average molecular weight is 310 g/mol. The molecule has 0 aliphatic heterocycles. The Morgan fingerprint density at radius 3 is 2.50 bits per heavy atom. The van der Waals surface area contributed by atoms with Crippen molar-refractivity contribution in [3.05, 3.63) is 52.3 Å². The third-order valence-corrected chi connectivity index (χ3v) is 3.44. The van der Waals surface area contributed by atoms with Gasteiger partial charge in [0.1, 0.15) is 0 Å². The summed E-state index contributed by atoms with van der Waals surface area (Å²) in [7, 11) is 0. The van der Waals surface area contributed by atoms with E-state index in [1.54, 1.807) is 6.07 Å². The molecule has 2 aromatic rings. The average Bonchev–Trinajstić information content (AvgIpc) is 2.42. The van der Waals surface area contributed by atoms with Crippen LogP contribution in [0.3, 0.4) is 0 Å². The molecule has 1 aromatic carbocycles. The first-order valence-electron chi connectivity index (χ1n) is 6.55. The molecule has 0 saturated heterocycles. The number of pyridine rings is 1. The smallest absolute Gasteiger partial charge is 0.0547 e. The molecule has 0 atom stereocenters. The fraction of sp³-hybridized carbons (Fsp3) is 0.267. The van der Waals surface area contributed by atoms with E-state index in [-0.39, 0.29) is 0 Å². The number of halogens is 2. The summed E-state index contributed by atoms with van der Waals surface area (Å²) in [6.45, 7) is 3.73. The molecule has 2 N–H and O–H groups in total. The van der Waals surface area contributed by atoms with Crippen LogP contribution in [0.15, 0.2) is 36.7 Å². The first-order chi connectivity index (χ1) is 9.69. The van der Waals surface area contributed by atoms with Gasteiger partial charge in [0.25, 0.3) is 0 Å². The highest BCUT2D eigenvalue weighted by Gasteiger charge is 2.01. The SMILES string of the molecule is CCNc1cncc(NCCc2ccc(Cl)cc2Cl)c1. The zero-order valence-electron chi connectivity index (χ0n) is 11.3. The van der Waals surface area contributed by atoms with E-state index in [1.165, 1.54) is 0 Å². The third-order valence-electron chi connectivity index (χ3n) is 2.86. The summed E-state index contributed by atoms with van der Waals surface area (Å²) in [5.41, 5.74) is 3.09. The fourth-order valence-electron chi connectivity index (χ4n) is 1.90. The maximum atomic E-state index is 6.14. The van der Waals surface area contributed by atoms with Gasteiger partial charge in [0, 0.05) is 23.1 Å². The molecule has 2 rings (SSSR count). The second kappa shape index (κ2) is 7.36. The van der Waals surface area contributed by atoms with Crippen LogP contribution in [0.5, 0.6) is 0 Å². The van der Waals surface area contributed by atoms with E-state index in [1.807, 2.05) is 30.6 Å². The van der Waals surface area contributed by atoms with Gasteiger partial charge in [0.05, 0.1) is 23.8 Å². The summed E-state index contributed by atoms with van der Waals surface area (Å²) in [4.78, 5) is 4.19. The Balaban J connectivity index is 1.90. The predicted molar refractivity (Wildman–Crippen MR) is 87.1 cm³/mol. The first kappa shape index (κ1) is 14.9.